The lowest BCUT2D eigenvalue weighted by atomic mass is 9.94. The lowest BCUT2D eigenvalue weighted by Gasteiger charge is -2.42. The van der Waals surface area contributed by atoms with Crippen LogP contribution in [0.15, 0.2) is 39.8 Å². The highest BCUT2D eigenvalue weighted by Crippen LogP contribution is 2.50. The first-order valence-electron chi connectivity index (χ1n) is 8.30. The van der Waals surface area contributed by atoms with Gasteiger partial charge in [0.1, 0.15) is 12.3 Å². The monoisotopic (exact) mass is 426 g/mol. The third-order valence-corrected chi connectivity index (χ3v) is 7.33. The summed E-state index contributed by atoms with van der Waals surface area (Å²) in [4.78, 5) is 36.5. The van der Waals surface area contributed by atoms with E-state index in [1.807, 2.05) is 0 Å². The predicted molar refractivity (Wildman–Crippen MR) is 100 cm³/mol. The predicted octanol–water partition coefficient (Wildman–Crippen LogP) is 0.599. The molecule has 2 aliphatic heterocycles. The first kappa shape index (κ1) is 20.4. The topological polar surface area (TPSA) is 147 Å². The van der Waals surface area contributed by atoms with Gasteiger partial charge in [-0.2, -0.15) is 0 Å². The van der Waals surface area contributed by atoms with E-state index in [-0.39, 0.29) is 42.4 Å². The van der Waals surface area contributed by atoms with Crippen LogP contribution < -0.4 is 5.73 Å². The van der Waals surface area contributed by atoms with Gasteiger partial charge in [0.05, 0.1) is 27.8 Å². The summed E-state index contributed by atoms with van der Waals surface area (Å²) < 4.78 is 17.4. The maximum Gasteiger partial charge on any atom is 0.404 e. The summed E-state index contributed by atoms with van der Waals surface area (Å²) in [5.74, 6) is -2.03. The molecule has 0 spiro atoms. The Balaban J connectivity index is 1.72. The second-order valence-electron chi connectivity index (χ2n) is 6.15. The number of ether oxygens (including phenoxy) is 1. The number of benzene rings is 1. The Labute approximate surface area is 167 Å². The Bertz CT molecular complexity index is 869. The molecule has 11 heteroatoms. The fraction of sp³-hybridized carbons (Fsp3) is 0.353. The van der Waals surface area contributed by atoms with Gasteiger partial charge >= 0.3 is 12.1 Å². The normalized spacial score (nSPS) is 21.9. The number of thioether (sulfide) groups is 1. The van der Waals surface area contributed by atoms with Crippen LogP contribution in [0.3, 0.4) is 0 Å². The van der Waals surface area contributed by atoms with Gasteiger partial charge in [0.15, 0.2) is 0 Å². The molecule has 1 aromatic rings. The van der Waals surface area contributed by atoms with E-state index in [4.69, 9.17) is 10.8 Å². The van der Waals surface area contributed by atoms with E-state index < -0.39 is 28.8 Å². The van der Waals surface area contributed by atoms with Gasteiger partial charge in [-0.05, 0) is 24.1 Å². The quantitative estimate of drug-likeness (QED) is 0.512. The first-order valence-corrected chi connectivity index (χ1v) is 10.5. The Kier molecular flexibility index (Phi) is 6.06. The van der Waals surface area contributed by atoms with E-state index in [1.54, 1.807) is 24.3 Å². The molecule has 9 nitrogen and oxygen atoms in total. The third-order valence-electron chi connectivity index (χ3n) is 4.39. The number of aliphatic carboxylic acids is 1. The van der Waals surface area contributed by atoms with Gasteiger partial charge in [-0.3, -0.25) is 13.9 Å². The molecular formula is C17H18N2O7S2. The number of β-lactam (4-membered cyclic amide) rings is 1. The molecule has 0 aliphatic carbocycles. The van der Waals surface area contributed by atoms with Gasteiger partial charge < -0.3 is 20.7 Å². The summed E-state index contributed by atoms with van der Waals surface area (Å²) in [6.07, 6.45) is -0.622. The standard InChI is InChI=1S/C17H18N2O7S2/c18-17(24)26-7-9-1-3-10(4-2-9)28(25)8-12-13(16(22)23)19-14(21)11(5-6-20)15(19)27-12/h1-4,11,15,20H,5-8H2,(H2,18,24)(H,22,23)/t11-,15+,28?/m0/s1. The van der Waals surface area contributed by atoms with Gasteiger partial charge in [0.25, 0.3) is 0 Å². The number of hydrogen-bond donors (Lipinski definition) is 3. The highest BCUT2D eigenvalue weighted by atomic mass is 32.2. The minimum atomic E-state index is -1.52. The van der Waals surface area contributed by atoms with Crippen molar-refractivity contribution in [2.24, 2.45) is 11.7 Å². The van der Waals surface area contributed by atoms with E-state index in [0.29, 0.717) is 15.4 Å². The number of carbonyl (C=O) groups excluding carboxylic acids is 2. The molecule has 2 heterocycles. The number of rotatable bonds is 8. The molecule has 0 bridgehead atoms. The number of carboxylic acids is 1. The van der Waals surface area contributed by atoms with E-state index in [0.717, 1.165) is 0 Å². The van der Waals surface area contributed by atoms with Crippen LogP contribution in [0.5, 0.6) is 0 Å². The number of nitrogens with two attached hydrogens (primary N) is 1. The van der Waals surface area contributed by atoms with Gasteiger partial charge in [-0.15, -0.1) is 11.8 Å². The van der Waals surface area contributed by atoms with Gasteiger partial charge in [0, 0.05) is 16.4 Å². The summed E-state index contributed by atoms with van der Waals surface area (Å²) in [5, 5.41) is 18.2. The highest BCUT2D eigenvalue weighted by molar-refractivity contribution is 8.05. The lowest BCUT2D eigenvalue weighted by Crippen LogP contribution is -2.57. The molecule has 150 valence electrons. The zero-order valence-corrected chi connectivity index (χ0v) is 16.2. The van der Waals surface area contributed by atoms with Crippen molar-refractivity contribution in [2.45, 2.75) is 23.3 Å². The number of carboxylic acid groups (broad SMARTS) is 1. The molecule has 1 fully saturated rings. The van der Waals surface area contributed by atoms with Crippen LogP contribution in [0, 0.1) is 5.92 Å². The number of aliphatic hydroxyl groups is 1. The van der Waals surface area contributed by atoms with Crippen molar-refractivity contribution in [3.63, 3.8) is 0 Å². The molecular weight excluding hydrogens is 408 g/mol. The number of primary amides is 1. The zero-order chi connectivity index (χ0) is 20.4. The Morgan fingerprint density at radius 2 is 1.96 bits per heavy atom. The molecule has 2 amide bonds. The molecule has 0 radical (unpaired) electrons. The average Bonchev–Trinajstić information content (AvgIpc) is 3.00. The fourth-order valence-electron chi connectivity index (χ4n) is 3.06. The number of aliphatic hydroxyl groups excluding tert-OH is 1. The Morgan fingerprint density at radius 3 is 2.54 bits per heavy atom. The van der Waals surface area contributed by atoms with Crippen molar-refractivity contribution in [1.82, 2.24) is 4.90 Å². The van der Waals surface area contributed by atoms with Crippen LogP contribution in [0.1, 0.15) is 12.0 Å². The van der Waals surface area contributed by atoms with Crippen LogP contribution in [-0.4, -0.2) is 55.0 Å². The van der Waals surface area contributed by atoms with Crippen molar-refractivity contribution in [1.29, 1.82) is 0 Å². The minimum absolute atomic E-state index is 0.00257. The van der Waals surface area contributed by atoms with E-state index in [9.17, 15) is 23.7 Å². The van der Waals surface area contributed by atoms with Crippen LogP contribution in [0.4, 0.5) is 4.79 Å². The molecule has 1 aromatic carbocycles. The van der Waals surface area contributed by atoms with Crippen LogP contribution in [-0.2, 0) is 31.7 Å². The number of amides is 2. The number of fused-ring (bicyclic) bond motifs is 1. The second-order valence-corrected chi connectivity index (χ2v) is 8.82. The van der Waals surface area contributed by atoms with Crippen LogP contribution in [0.2, 0.25) is 0 Å². The smallest absolute Gasteiger partial charge is 0.404 e. The molecule has 1 saturated heterocycles. The summed E-state index contributed by atoms with van der Waals surface area (Å²) in [6.45, 7) is -0.159. The average molecular weight is 426 g/mol. The molecule has 28 heavy (non-hydrogen) atoms. The zero-order valence-electron chi connectivity index (χ0n) is 14.6. The summed E-state index contributed by atoms with van der Waals surface area (Å²) in [6, 6.07) is 6.48. The molecule has 4 N–H and O–H groups in total. The minimum Gasteiger partial charge on any atom is -0.477 e. The van der Waals surface area contributed by atoms with Gasteiger partial charge in [-0.25, -0.2) is 9.59 Å². The maximum absolute atomic E-state index is 12.7. The molecule has 0 saturated carbocycles. The van der Waals surface area contributed by atoms with E-state index >= 15 is 0 Å². The lowest BCUT2D eigenvalue weighted by molar-refractivity contribution is -0.152. The first-order chi connectivity index (χ1) is 13.3. The maximum atomic E-state index is 12.7. The van der Waals surface area contributed by atoms with Gasteiger partial charge in [0.2, 0.25) is 5.91 Å². The van der Waals surface area contributed by atoms with E-state index in [1.165, 1.54) is 16.7 Å². The fourth-order valence-corrected chi connectivity index (χ4v) is 5.95. The second kappa shape index (κ2) is 8.33. The molecule has 3 rings (SSSR count). The summed E-state index contributed by atoms with van der Waals surface area (Å²) >= 11 is 1.21. The molecule has 0 aromatic heterocycles. The molecule has 2 aliphatic rings. The summed E-state index contributed by atoms with van der Waals surface area (Å²) in [5.41, 5.74) is 5.44. The van der Waals surface area contributed by atoms with Crippen molar-refractivity contribution in [2.75, 3.05) is 12.4 Å². The molecule has 1 unspecified atom stereocenters. The Morgan fingerprint density at radius 1 is 1.29 bits per heavy atom. The van der Waals surface area contributed by atoms with Crippen molar-refractivity contribution < 1.29 is 33.5 Å². The number of hydrogen-bond acceptors (Lipinski definition) is 7. The number of carbonyl (C=O) groups is 3. The molecule has 3 atom stereocenters. The number of nitrogens with zero attached hydrogens (tertiary/aromatic N) is 1. The Hall–Kier alpha value is -2.37. The largest absolute Gasteiger partial charge is 0.477 e. The van der Waals surface area contributed by atoms with Gasteiger partial charge in [-0.1, -0.05) is 12.1 Å². The van der Waals surface area contributed by atoms with Crippen LogP contribution in [0.25, 0.3) is 0 Å². The SMILES string of the molecule is NC(=O)OCc1ccc(S(=O)CC2=C(C(=O)O)N3C(=O)[C@H](CCO)[C@H]3S2)cc1. The van der Waals surface area contributed by atoms with Crippen molar-refractivity contribution in [3.8, 4) is 0 Å². The third kappa shape index (κ3) is 3.91. The summed E-state index contributed by atoms with van der Waals surface area (Å²) in [7, 11) is -1.52. The highest BCUT2D eigenvalue weighted by Gasteiger charge is 2.55. The van der Waals surface area contributed by atoms with Crippen LogP contribution >= 0.6 is 11.8 Å². The van der Waals surface area contributed by atoms with E-state index in [2.05, 4.69) is 4.74 Å². The van der Waals surface area contributed by atoms with Crippen molar-refractivity contribution in [3.05, 3.63) is 40.4 Å². The van der Waals surface area contributed by atoms with Crippen molar-refractivity contribution >= 4 is 40.5 Å².